The quantitative estimate of drug-likeness (QED) is 0.555. The molecule has 152 valence electrons. The highest BCUT2D eigenvalue weighted by atomic mass is 16.3. The molecule has 0 amide bonds. The lowest BCUT2D eigenvalue weighted by atomic mass is 10.0. The Balaban J connectivity index is 1.40. The Hall–Kier alpha value is -3.59. The first kappa shape index (κ1) is 18.4. The number of hydrogen-bond donors (Lipinski definition) is 1. The standard InChI is InChI=1S/C21H22N8O/c1-27-5-7-29(8-6-27)21-23-12-18(24-25-21)17-4-3-14(10-19(17)30)15-9-16-13-28(2)26-20(16)22-11-15/h3-4,9-13,30H,5-8H2,1-2H3. The number of aromatic nitrogens is 6. The van der Waals surface area contributed by atoms with Crippen molar-refractivity contribution in [1.29, 1.82) is 0 Å². The van der Waals surface area contributed by atoms with Crippen LogP contribution in [0.2, 0.25) is 0 Å². The van der Waals surface area contributed by atoms with E-state index in [-0.39, 0.29) is 5.75 Å². The molecule has 3 aromatic heterocycles. The molecular formula is C21H22N8O. The van der Waals surface area contributed by atoms with E-state index in [4.69, 9.17) is 0 Å². The highest BCUT2D eigenvalue weighted by Crippen LogP contribution is 2.32. The minimum absolute atomic E-state index is 0.127. The van der Waals surface area contributed by atoms with Gasteiger partial charge in [-0.1, -0.05) is 6.07 Å². The smallest absolute Gasteiger partial charge is 0.245 e. The maximum absolute atomic E-state index is 10.6. The Labute approximate surface area is 173 Å². The molecule has 0 saturated carbocycles. The van der Waals surface area contributed by atoms with Gasteiger partial charge in [0.2, 0.25) is 5.95 Å². The molecule has 30 heavy (non-hydrogen) atoms. The summed E-state index contributed by atoms with van der Waals surface area (Å²) in [7, 11) is 3.98. The summed E-state index contributed by atoms with van der Waals surface area (Å²) in [5.41, 5.74) is 3.61. The minimum Gasteiger partial charge on any atom is -0.507 e. The average Bonchev–Trinajstić information content (AvgIpc) is 3.13. The van der Waals surface area contributed by atoms with Gasteiger partial charge in [-0.25, -0.2) is 9.97 Å². The van der Waals surface area contributed by atoms with E-state index in [9.17, 15) is 5.11 Å². The predicted octanol–water partition coefficient (Wildman–Crippen LogP) is 1.94. The molecule has 5 rings (SSSR count). The van der Waals surface area contributed by atoms with Crippen LogP contribution in [0.3, 0.4) is 0 Å². The summed E-state index contributed by atoms with van der Waals surface area (Å²) in [6.07, 6.45) is 5.35. The molecule has 0 atom stereocenters. The van der Waals surface area contributed by atoms with E-state index < -0.39 is 0 Å². The second-order valence-electron chi connectivity index (χ2n) is 7.61. The molecule has 0 aliphatic carbocycles. The van der Waals surface area contributed by atoms with Crippen LogP contribution in [0, 0.1) is 0 Å². The summed E-state index contributed by atoms with van der Waals surface area (Å²) in [5.74, 6) is 0.751. The van der Waals surface area contributed by atoms with Crippen molar-refractivity contribution in [3.63, 3.8) is 0 Å². The van der Waals surface area contributed by atoms with Crippen LogP contribution in [0.5, 0.6) is 5.75 Å². The van der Waals surface area contributed by atoms with Crippen LogP contribution in [0.4, 0.5) is 5.95 Å². The van der Waals surface area contributed by atoms with Crippen molar-refractivity contribution in [1.82, 2.24) is 34.8 Å². The fourth-order valence-corrected chi connectivity index (χ4v) is 3.66. The van der Waals surface area contributed by atoms with Gasteiger partial charge in [0.15, 0.2) is 5.65 Å². The molecule has 1 aliphatic heterocycles. The van der Waals surface area contributed by atoms with E-state index in [2.05, 4.69) is 42.1 Å². The molecule has 1 aliphatic rings. The van der Waals surface area contributed by atoms with Crippen LogP contribution in [0.25, 0.3) is 33.4 Å². The number of hydrogen-bond acceptors (Lipinski definition) is 8. The molecular weight excluding hydrogens is 380 g/mol. The zero-order chi connectivity index (χ0) is 20.7. The van der Waals surface area contributed by atoms with Gasteiger partial charge in [-0.3, -0.25) is 4.68 Å². The summed E-state index contributed by atoms with van der Waals surface area (Å²) in [4.78, 5) is 13.3. The maximum atomic E-state index is 10.6. The van der Waals surface area contributed by atoms with E-state index in [1.54, 1.807) is 23.1 Å². The van der Waals surface area contributed by atoms with Gasteiger partial charge in [0, 0.05) is 62.1 Å². The fraction of sp³-hybridized carbons (Fsp3) is 0.286. The maximum Gasteiger partial charge on any atom is 0.245 e. The first-order valence-corrected chi connectivity index (χ1v) is 9.83. The second-order valence-corrected chi connectivity index (χ2v) is 7.61. The molecule has 0 bridgehead atoms. The number of phenols is 1. The largest absolute Gasteiger partial charge is 0.507 e. The molecule has 1 saturated heterocycles. The lowest BCUT2D eigenvalue weighted by Crippen LogP contribution is -2.45. The van der Waals surface area contributed by atoms with Crippen molar-refractivity contribution in [3.05, 3.63) is 42.9 Å². The van der Waals surface area contributed by atoms with Gasteiger partial charge < -0.3 is 14.9 Å². The SMILES string of the molecule is CN1CCN(c2ncc(-c3ccc(-c4cnc5nn(C)cc5c4)cc3O)nn2)CC1. The number of nitrogens with zero attached hydrogens (tertiary/aromatic N) is 8. The van der Waals surface area contributed by atoms with Crippen LogP contribution in [0.15, 0.2) is 42.9 Å². The van der Waals surface area contributed by atoms with Crippen LogP contribution < -0.4 is 4.90 Å². The Morgan fingerprint density at radius 1 is 0.900 bits per heavy atom. The molecule has 0 radical (unpaired) electrons. The number of piperazine rings is 1. The first-order valence-electron chi connectivity index (χ1n) is 9.83. The predicted molar refractivity (Wildman–Crippen MR) is 114 cm³/mol. The number of pyridine rings is 1. The Morgan fingerprint density at radius 3 is 2.47 bits per heavy atom. The molecule has 1 N–H and O–H groups in total. The molecule has 0 spiro atoms. The van der Waals surface area contributed by atoms with Crippen molar-refractivity contribution in [2.24, 2.45) is 7.05 Å². The van der Waals surface area contributed by atoms with Gasteiger partial charge in [-0.05, 0) is 30.8 Å². The lowest BCUT2D eigenvalue weighted by molar-refractivity contribution is 0.311. The van der Waals surface area contributed by atoms with Gasteiger partial charge in [0.1, 0.15) is 11.4 Å². The number of phenolic OH excluding ortho intramolecular Hbond substituents is 1. The van der Waals surface area contributed by atoms with Crippen molar-refractivity contribution >= 4 is 17.0 Å². The van der Waals surface area contributed by atoms with Crippen LogP contribution in [0.1, 0.15) is 0 Å². The summed E-state index contributed by atoms with van der Waals surface area (Å²) in [5, 5.41) is 24.4. The van der Waals surface area contributed by atoms with Crippen LogP contribution in [-0.4, -0.2) is 73.2 Å². The topological polar surface area (TPSA) is 96.1 Å². The number of rotatable bonds is 3. The molecule has 1 aromatic carbocycles. The van der Waals surface area contributed by atoms with Crippen molar-refractivity contribution in [2.45, 2.75) is 0 Å². The molecule has 9 nitrogen and oxygen atoms in total. The van der Waals surface area contributed by atoms with Crippen LogP contribution in [-0.2, 0) is 7.05 Å². The molecule has 4 aromatic rings. The van der Waals surface area contributed by atoms with E-state index in [0.717, 1.165) is 42.7 Å². The Kier molecular flexibility index (Phi) is 4.51. The summed E-state index contributed by atoms with van der Waals surface area (Å²) < 4.78 is 1.74. The molecule has 4 heterocycles. The van der Waals surface area contributed by atoms with E-state index >= 15 is 0 Å². The second kappa shape index (κ2) is 7.34. The summed E-state index contributed by atoms with van der Waals surface area (Å²) in [6, 6.07) is 7.49. The number of benzene rings is 1. The zero-order valence-electron chi connectivity index (χ0n) is 16.9. The highest BCUT2D eigenvalue weighted by Gasteiger charge is 2.17. The normalized spacial score (nSPS) is 15.1. The van der Waals surface area contributed by atoms with Gasteiger partial charge in [0.05, 0.1) is 6.20 Å². The van der Waals surface area contributed by atoms with E-state index in [0.29, 0.717) is 22.9 Å². The Bertz CT molecular complexity index is 1200. The highest BCUT2D eigenvalue weighted by molar-refractivity contribution is 5.82. The number of aryl methyl sites for hydroxylation is 1. The van der Waals surface area contributed by atoms with Gasteiger partial charge in [-0.15, -0.1) is 10.2 Å². The lowest BCUT2D eigenvalue weighted by Gasteiger charge is -2.31. The molecule has 1 fully saturated rings. The molecule has 0 unspecified atom stereocenters. The number of likely N-dealkylation sites (N-methyl/N-ethyl adjacent to an activating group) is 1. The Morgan fingerprint density at radius 2 is 1.73 bits per heavy atom. The third kappa shape index (κ3) is 3.43. The summed E-state index contributed by atoms with van der Waals surface area (Å²) >= 11 is 0. The number of aromatic hydroxyl groups is 1. The first-order chi connectivity index (χ1) is 14.6. The van der Waals surface area contributed by atoms with E-state index in [1.165, 1.54) is 0 Å². The van der Waals surface area contributed by atoms with Gasteiger partial charge >= 0.3 is 0 Å². The van der Waals surface area contributed by atoms with Gasteiger partial charge in [0.25, 0.3) is 0 Å². The average molecular weight is 402 g/mol. The zero-order valence-corrected chi connectivity index (χ0v) is 16.9. The number of anilines is 1. The van der Waals surface area contributed by atoms with Crippen molar-refractivity contribution < 1.29 is 5.11 Å². The summed E-state index contributed by atoms with van der Waals surface area (Å²) in [6.45, 7) is 3.72. The van der Waals surface area contributed by atoms with Crippen LogP contribution >= 0.6 is 0 Å². The third-order valence-electron chi connectivity index (χ3n) is 5.42. The fourth-order valence-electron chi connectivity index (χ4n) is 3.66. The number of fused-ring (bicyclic) bond motifs is 1. The third-order valence-corrected chi connectivity index (χ3v) is 5.42. The van der Waals surface area contributed by atoms with Crippen molar-refractivity contribution in [3.8, 4) is 28.1 Å². The minimum atomic E-state index is 0.127. The van der Waals surface area contributed by atoms with E-state index in [1.807, 2.05) is 31.4 Å². The molecule has 9 heteroatoms. The van der Waals surface area contributed by atoms with Gasteiger partial charge in [-0.2, -0.15) is 5.10 Å². The monoisotopic (exact) mass is 402 g/mol. The van der Waals surface area contributed by atoms with Crippen molar-refractivity contribution in [2.75, 3.05) is 38.1 Å².